The molecule has 5 atom stereocenters. The van der Waals surface area contributed by atoms with Crippen LogP contribution in [0.3, 0.4) is 0 Å². The molecule has 1 fully saturated rings. The molecule has 1 aliphatic heterocycles. The van der Waals surface area contributed by atoms with Gasteiger partial charge >= 0.3 is 0 Å². The number of hydrazone groups is 1. The molecule has 4 rings (SSSR count). The van der Waals surface area contributed by atoms with Gasteiger partial charge in [0.15, 0.2) is 0 Å². The number of para-hydroxylation sites is 1. The van der Waals surface area contributed by atoms with Crippen LogP contribution in [0.1, 0.15) is 16.1 Å². The summed E-state index contributed by atoms with van der Waals surface area (Å²) in [5.41, 5.74) is 3.15. The number of carbonyl (C=O) groups excluding carboxylic acids is 1. The lowest BCUT2D eigenvalue weighted by Crippen LogP contribution is -2.60. The van der Waals surface area contributed by atoms with Gasteiger partial charge in [0.1, 0.15) is 41.7 Å². The van der Waals surface area contributed by atoms with Gasteiger partial charge in [-0.05, 0) is 36.4 Å². The average molecular weight is 503 g/mol. The third kappa shape index (κ3) is 5.54. The molecule has 1 amide bonds. The molecule has 2 aromatic carbocycles. The van der Waals surface area contributed by atoms with E-state index in [2.05, 4.69) is 10.5 Å². The molecule has 10 nitrogen and oxygen atoms in total. The Labute approximate surface area is 205 Å². The molecule has 1 aromatic heterocycles. The maximum Gasteiger partial charge on any atom is 0.275 e. The van der Waals surface area contributed by atoms with Gasteiger partial charge < -0.3 is 34.3 Å². The summed E-state index contributed by atoms with van der Waals surface area (Å²) in [5.74, 6) is 0.329. The summed E-state index contributed by atoms with van der Waals surface area (Å²) in [4.78, 5) is 12.7. The van der Waals surface area contributed by atoms with Crippen LogP contribution in [-0.2, 0) is 4.74 Å². The normalized spacial score (nSPS) is 24.4. The maximum atomic E-state index is 12.7. The Kier molecular flexibility index (Phi) is 7.81. The van der Waals surface area contributed by atoms with Gasteiger partial charge in [0.05, 0.1) is 23.4 Å². The second kappa shape index (κ2) is 11.0. The smallest absolute Gasteiger partial charge is 0.275 e. The number of hydrogen-bond donors (Lipinski definition) is 5. The van der Waals surface area contributed by atoms with Crippen LogP contribution >= 0.6 is 11.6 Å². The number of nitrogens with one attached hydrogen (secondary N) is 1. The third-order valence-corrected chi connectivity index (χ3v) is 5.68. The number of furan rings is 1. The number of ether oxygens (including phenoxy) is 2. The molecule has 0 spiro atoms. The lowest BCUT2D eigenvalue weighted by molar-refractivity contribution is -0.277. The Morgan fingerprint density at radius 3 is 2.54 bits per heavy atom. The van der Waals surface area contributed by atoms with Crippen LogP contribution in [0.2, 0.25) is 5.02 Å². The summed E-state index contributed by atoms with van der Waals surface area (Å²) in [6.07, 6.45) is -6.02. The highest BCUT2D eigenvalue weighted by molar-refractivity contribution is 6.33. The second-order valence-electron chi connectivity index (χ2n) is 7.69. The number of aliphatic hydroxyl groups is 4. The standard InChI is InChI=1S/C24H23ClN2O8/c25-16-7-3-1-5-14(16)18-10-9-13(33-18)11-26-27-23(32)15-6-2-4-8-17(15)34-24-22(31)21(30)20(29)19(12-28)35-24/h1-11,19-22,24,28-31H,12H2,(H,27,32)/b26-11+/t19-,20-,21+,22-,24-/m1/s1. The minimum absolute atomic E-state index is 0.0310. The average Bonchev–Trinajstić information content (AvgIpc) is 3.33. The van der Waals surface area contributed by atoms with Crippen molar-refractivity contribution in [2.45, 2.75) is 30.7 Å². The topological polar surface area (TPSA) is 154 Å². The van der Waals surface area contributed by atoms with Gasteiger partial charge in [-0.3, -0.25) is 4.79 Å². The molecule has 5 N–H and O–H groups in total. The van der Waals surface area contributed by atoms with Crippen molar-refractivity contribution in [2.24, 2.45) is 5.10 Å². The molecule has 1 saturated heterocycles. The van der Waals surface area contributed by atoms with Crippen LogP contribution < -0.4 is 10.2 Å². The Balaban J connectivity index is 1.43. The summed E-state index contributed by atoms with van der Waals surface area (Å²) in [6.45, 7) is -0.605. The second-order valence-corrected chi connectivity index (χ2v) is 8.10. The van der Waals surface area contributed by atoms with E-state index >= 15 is 0 Å². The van der Waals surface area contributed by atoms with Gasteiger partial charge in [0, 0.05) is 5.56 Å². The fraction of sp³-hybridized carbons (Fsp3) is 0.250. The number of aliphatic hydroxyl groups excluding tert-OH is 4. The van der Waals surface area contributed by atoms with Gasteiger partial charge in [-0.25, -0.2) is 5.43 Å². The highest BCUT2D eigenvalue weighted by atomic mass is 35.5. The third-order valence-electron chi connectivity index (χ3n) is 5.35. The van der Waals surface area contributed by atoms with Crippen molar-refractivity contribution in [2.75, 3.05) is 6.61 Å². The van der Waals surface area contributed by atoms with Crippen molar-refractivity contribution >= 4 is 23.7 Å². The van der Waals surface area contributed by atoms with Gasteiger partial charge in [0.25, 0.3) is 5.91 Å². The molecular formula is C24H23ClN2O8. The van der Waals surface area contributed by atoms with Crippen LogP contribution in [-0.4, -0.2) is 69.9 Å². The minimum atomic E-state index is -1.62. The summed E-state index contributed by atoms with van der Waals surface area (Å²) in [5, 5.41) is 43.8. The molecule has 0 aliphatic carbocycles. The van der Waals surface area contributed by atoms with Crippen molar-refractivity contribution in [1.29, 1.82) is 0 Å². The van der Waals surface area contributed by atoms with E-state index in [9.17, 15) is 25.2 Å². The minimum Gasteiger partial charge on any atom is -0.461 e. The zero-order valence-corrected chi connectivity index (χ0v) is 18.9. The molecule has 1 aliphatic rings. The lowest BCUT2D eigenvalue weighted by Gasteiger charge is -2.39. The molecule has 11 heteroatoms. The summed E-state index contributed by atoms with van der Waals surface area (Å²) < 4.78 is 16.6. The molecule has 0 unspecified atom stereocenters. The largest absolute Gasteiger partial charge is 0.461 e. The Bertz CT molecular complexity index is 1200. The van der Waals surface area contributed by atoms with Gasteiger partial charge in [0.2, 0.25) is 6.29 Å². The first-order chi connectivity index (χ1) is 16.9. The van der Waals surface area contributed by atoms with E-state index in [1.54, 1.807) is 30.3 Å². The Hall–Kier alpha value is -3.25. The maximum absolute atomic E-state index is 12.7. The van der Waals surface area contributed by atoms with E-state index in [1.165, 1.54) is 18.3 Å². The van der Waals surface area contributed by atoms with Crippen molar-refractivity contribution in [3.63, 3.8) is 0 Å². The van der Waals surface area contributed by atoms with E-state index in [-0.39, 0.29) is 11.3 Å². The molecule has 0 radical (unpaired) electrons. The molecule has 0 bridgehead atoms. The van der Waals surface area contributed by atoms with Crippen molar-refractivity contribution in [3.8, 4) is 17.1 Å². The first-order valence-corrected chi connectivity index (χ1v) is 11.0. The number of nitrogens with zero attached hydrogens (tertiary/aromatic N) is 1. The molecule has 35 heavy (non-hydrogen) atoms. The zero-order chi connectivity index (χ0) is 24.9. The van der Waals surface area contributed by atoms with Crippen LogP contribution in [0.25, 0.3) is 11.3 Å². The molecule has 0 saturated carbocycles. The summed E-state index contributed by atoms with van der Waals surface area (Å²) in [7, 11) is 0. The molecule has 2 heterocycles. The Morgan fingerprint density at radius 2 is 1.77 bits per heavy atom. The molecule has 184 valence electrons. The van der Waals surface area contributed by atoms with E-state index < -0.39 is 43.2 Å². The van der Waals surface area contributed by atoms with Crippen LogP contribution in [0, 0.1) is 0 Å². The van der Waals surface area contributed by atoms with Crippen molar-refractivity contribution in [3.05, 3.63) is 77.0 Å². The van der Waals surface area contributed by atoms with Gasteiger partial charge in [-0.2, -0.15) is 5.10 Å². The van der Waals surface area contributed by atoms with E-state index in [0.29, 0.717) is 16.5 Å². The fourth-order valence-electron chi connectivity index (χ4n) is 3.49. The number of halogens is 1. The predicted octanol–water partition coefficient (Wildman–Crippen LogP) is 1.54. The fourth-order valence-corrected chi connectivity index (χ4v) is 3.72. The highest BCUT2D eigenvalue weighted by Gasteiger charge is 2.45. The van der Waals surface area contributed by atoms with Crippen LogP contribution in [0.4, 0.5) is 0 Å². The Morgan fingerprint density at radius 1 is 1.03 bits per heavy atom. The summed E-state index contributed by atoms with van der Waals surface area (Å²) in [6, 6.07) is 16.7. The number of hydrogen-bond acceptors (Lipinski definition) is 9. The zero-order valence-electron chi connectivity index (χ0n) is 18.2. The summed E-state index contributed by atoms with van der Waals surface area (Å²) >= 11 is 6.18. The number of amides is 1. The van der Waals surface area contributed by atoms with Crippen LogP contribution in [0.15, 0.2) is 70.2 Å². The van der Waals surface area contributed by atoms with Gasteiger partial charge in [-0.15, -0.1) is 0 Å². The van der Waals surface area contributed by atoms with E-state index in [1.807, 2.05) is 18.2 Å². The van der Waals surface area contributed by atoms with Crippen molar-refractivity contribution in [1.82, 2.24) is 5.43 Å². The van der Waals surface area contributed by atoms with E-state index in [4.69, 9.17) is 25.5 Å². The quantitative estimate of drug-likeness (QED) is 0.241. The lowest BCUT2D eigenvalue weighted by atomic mass is 9.99. The van der Waals surface area contributed by atoms with Crippen LogP contribution in [0.5, 0.6) is 5.75 Å². The first-order valence-electron chi connectivity index (χ1n) is 10.6. The first kappa shape index (κ1) is 24.9. The molecule has 3 aromatic rings. The number of carbonyl (C=O) groups is 1. The van der Waals surface area contributed by atoms with Crippen molar-refractivity contribution < 1.29 is 39.1 Å². The number of benzene rings is 2. The highest BCUT2D eigenvalue weighted by Crippen LogP contribution is 2.29. The van der Waals surface area contributed by atoms with Gasteiger partial charge in [-0.1, -0.05) is 35.9 Å². The number of rotatable bonds is 7. The molecular weight excluding hydrogens is 480 g/mol. The predicted molar refractivity (Wildman–Crippen MR) is 125 cm³/mol. The van der Waals surface area contributed by atoms with E-state index in [0.717, 1.165) is 5.56 Å². The SMILES string of the molecule is O=C(N/N=C/c1ccc(-c2ccccc2Cl)o1)c1ccccc1O[C@@H]1O[C@H](CO)[C@@H](O)[C@H](O)[C@H]1O. The monoisotopic (exact) mass is 502 g/mol.